The van der Waals surface area contributed by atoms with Crippen molar-refractivity contribution in [2.75, 3.05) is 6.61 Å². The molecule has 6 nitrogen and oxygen atoms in total. The highest BCUT2D eigenvalue weighted by Gasteiger charge is 2.90. The van der Waals surface area contributed by atoms with Crippen molar-refractivity contribution in [3.05, 3.63) is 30.1 Å². The number of carbonyl (C=O) groups is 2. The van der Waals surface area contributed by atoms with Gasteiger partial charge in [0.25, 0.3) is 0 Å². The molecule has 0 bridgehead atoms. The van der Waals surface area contributed by atoms with Crippen molar-refractivity contribution in [3.63, 3.8) is 0 Å². The Bertz CT molecular complexity index is 575. The van der Waals surface area contributed by atoms with Gasteiger partial charge in [0.2, 0.25) is 0 Å². The largest absolute Gasteiger partial charge is 0.480 e. The first kappa shape index (κ1) is 12.3. The number of pyridine rings is 1. The lowest BCUT2D eigenvalue weighted by Crippen LogP contribution is -2.62. The molecule has 1 spiro atoms. The molecule has 3 unspecified atom stereocenters. The van der Waals surface area contributed by atoms with E-state index in [0.717, 1.165) is 5.69 Å². The van der Waals surface area contributed by atoms with Crippen LogP contribution in [0.3, 0.4) is 0 Å². The van der Waals surface area contributed by atoms with Crippen LogP contribution in [0.15, 0.2) is 24.4 Å². The van der Waals surface area contributed by atoms with Crippen molar-refractivity contribution in [2.24, 2.45) is 11.1 Å². The molecule has 1 saturated heterocycles. The van der Waals surface area contributed by atoms with E-state index in [1.54, 1.807) is 19.2 Å². The van der Waals surface area contributed by atoms with Gasteiger partial charge < -0.3 is 15.6 Å². The molecule has 1 aliphatic carbocycles. The fourth-order valence-electron chi connectivity index (χ4n) is 3.08. The third-order valence-electron chi connectivity index (χ3n) is 4.45. The molecule has 100 valence electrons. The second kappa shape index (κ2) is 3.40. The van der Waals surface area contributed by atoms with Gasteiger partial charge in [-0.2, -0.15) is 0 Å². The van der Waals surface area contributed by atoms with Crippen LogP contribution < -0.4 is 5.73 Å². The van der Waals surface area contributed by atoms with Crippen molar-refractivity contribution in [2.45, 2.75) is 24.5 Å². The van der Waals surface area contributed by atoms with Crippen molar-refractivity contribution in [1.82, 2.24) is 4.98 Å². The van der Waals surface area contributed by atoms with E-state index in [0.29, 0.717) is 6.42 Å². The molecule has 0 radical (unpaired) electrons. The Morgan fingerprint density at radius 3 is 2.74 bits per heavy atom. The average molecular weight is 262 g/mol. The zero-order valence-corrected chi connectivity index (χ0v) is 10.4. The minimum Gasteiger partial charge on any atom is -0.480 e. The molecule has 2 aliphatic rings. The number of hydrogen-bond acceptors (Lipinski definition) is 5. The fraction of sp³-hybridized carbons (Fsp3) is 0.462. The van der Waals surface area contributed by atoms with Crippen LogP contribution in [0.5, 0.6) is 0 Å². The number of ketones is 1. The maximum atomic E-state index is 12.0. The number of Topliss-reactive ketones (excluding diaryl/α,β-unsaturated/α-hetero) is 1. The van der Waals surface area contributed by atoms with E-state index in [9.17, 15) is 9.59 Å². The molecule has 3 rings (SSSR count). The monoisotopic (exact) mass is 262 g/mol. The van der Waals surface area contributed by atoms with Crippen LogP contribution in [-0.2, 0) is 20.7 Å². The topological polar surface area (TPSA) is 103 Å². The maximum absolute atomic E-state index is 12.0. The standard InChI is InChI=1S/C13H14N2O4/c1-11(6-8-4-2-3-5-15-8)12(7-19-11)9(16)13(12,14)10(17)18/h2-5H,6-7,14H2,1H3,(H,17,18). The van der Waals surface area contributed by atoms with Crippen LogP contribution in [0.4, 0.5) is 0 Å². The molecule has 2 fully saturated rings. The van der Waals surface area contributed by atoms with E-state index in [1.807, 2.05) is 12.1 Å². The second-order valence-corrected chi connectivity index (χ2v) is 5.37. The van der Waals surface area contributed by atoms with Crippen molar-refractivity contribution >= 4 is 11.8 Å². The molecule has 3 N–H and O–H groups in total. The molecule has 2 heterocycles. The summed E-state index contributed by atoms with van der Waals surface area (Å²) < 4.78 is 5.51. The SMILES string of the molecule is CC1(Cc2ccccn2)OCC12C(=O)C2(N)C(=O)O. The highest BCUT2D eigenvalue weighted by molar-refractivity contribution is 6.28. The van der Waals surface area contributed by atoms with Crippen molar-refractivity contribution in [1.29, 1.82) is 0 Å². The maximum Gasteiger partial charge on any atom is 0.332 e. The first-order valence-electron chi connectivity index (χ1n) is 5.99. The van der Waals surface area contributed by atoms with E-state index in [2.05, 4.69) is 4.98 Å². The Hall–Kier alpha value is -1.79. The van der Waals surface area contributed by atoms with Crippen LogP contribution in [0.1, 0.15) is 12.6 Å². The highest BCUT2D eigenvalue weighted by atomic mass is 16.5. The van der Waals surface area contributed by atoms with Gasteiger partial charge in [-0.1, -0.05) is 6.07 Å². The van der Waals surface area contributed by atoms with Gasteiger partial charge in [0, 0.05) is 18.3 Å². The molecule has 19 heavy (non-hydrogen) atoms. The zero-order valence-electron chi connectivity index (χ0n) is 10.4. The highest BCUT2D eigenvalue weighted by Crippen LogP contribution is 2.65. The third-order valence-corrected chi connectivity index (χ3v) is 4.45. The number of nitrogens with zero attached hydrogens (tertiary/aromatic N) is 1. The summed E-state index contributed by atoms with van der Waals surface area (Å²) >= 11 is 0. The molecule has 1 aromatic heterocycles. The van der Waals surface area contributed by atoms with E-state index in [1.165, 1.54) is 0 Å². The molecule has 0 amide bonds. The summed E-state index contributed by atoms with van der Waals surface area (Å²) in [5.41, 5.74) is 2.68. The summed E-state index contributed by atoms with van der Waals surface area (Å²) in [6.07, 6.45) is 2.01. The van der Waals surface area contributed by atoms with Gasteiger partial charge in [0.15, 0.2) is 11.3 Å². The quantitative estimate of drug-likeness (QED) is 0.729. The van der Waals surface area contributed by atoms with Crippen LogP contribution >= 0.6 is 0 Å². The normalized spacial score (nSPS) is 40.0. The smallest absolute Gasteiger partial charge is 0.332 e. The zero-order chi connectivity index (χ0) is 13.9. The number of hydrogen-bond donors (Lipinski definition) is 2. The Labute approximate surface area is 109 Å². The van der Waals surface area contributed by atoms with Crippen molar-refractivity contribution in [3.8, 4) is 0 Å². The van der Waals surface area contributed by atoms with E-state index in [-0.39, 0.29) is 6.61 Å². The van der Waals surface area contributed by atoms with Gasteiger partial charge in [0.1, 0.15) is 5.41 Å². The number of rotatable bonds is 3. The molecule has 1 aromatic rings. The lowest BCUT2D eigenvalue weighted by Gasteiger charge is -2.47. The van der Waals surface area contributed by atoms with Gasteiger partial charge in [-0.25, -0.2) is 4.79 Å². The van der Waals surface area contributed by atoms with Gasteiger partial charge in [-0.05, 0) is 19.1 Å². The van der Waals surface area contributed by atoms with E-state index >= 15 is 0 Å². The molecule has 1 saturated carbocycles. The summed E-state index contributed by atoms with van der Waals surface area (Å²) in [7, 11) is 0. The summed E-state index contributed by atoms with van der Waals surface area (Å²) in [5.74, 6) is -1.73. The molecule has 3 atom stereocenters. The van der Waals surface area contributed by atoms with E-state index in [4.69, 9.17) is 15.6 Å². The van der Waals surface area contributed by atoms with Gasteiger partial charge in [-0.15, -0.1) is 0 Å². The second-order valence-electron chi connectivity index (χ2n) is 5.37. The van der Waals surface area contributed by atoms with Crippen molar-refractivity contribution < 1.29 is 19.4 Å². The molecular weight excluding hydrogens is 248 g/mol. The molecular formula is C13H14N2O4. The number of carboxylic acid groups (broad SMARTS) is 1. The summed E-state index contributed by atoms with van der Waals surface area (Å²) in [4.78, 5) is 27.4. The van der Waals surface area contributed by atoms with Crippen LogP contribution in [0, 0.1) is 5.41 Å². The summed E-state index contributed by atoms with van der Waals surface area (Å²) in [6, 6.07) is 5.43. The minimum atomic E-state index is -1.81. The fourth-order valence-corrected chi connectivity index (χ4v) is 3.08. The van der Waals surface area contributed by atoms with E-state index < -0.39 is 28.3 Å². The Balaban J connectivity index is 1.91. The number of ether oxygens (including phenoxy) is 1. The lowest BCUT2D eigenvalue weighted by atomic mass is 9.74. The Morgan fingerprint density at radius 2 is 2.32 bits per heavy atom. The van der Waals surface area contributed by atoms with Crippen LogP contribution in [-0.4, -0.2) is 39.6 Å². The Kier molecular flexibility index (Phi) is 2.19. The van der Waals surface area contributed by atoms with Crippen LogP contribution in [0.2, 0.25) is 0 Å². The third kappa shape index (κ3) is 1.20. The van der Waals surface area contributed by atoms with Crippen LogP contribution in [0.25, 0.3) is 0 Å². The first-order chi connectivity index (χ1) is 8.88. The summed E-state index contributed by atoms with van der Waals surface area (Å²) in [5, 5.41) is 9.16. The van der Waals surface area contributed by atoms with Gasteiger partial charge >= 0.3 is 5.97 Å². The summed E-state index contributed by atoms with van der Waals surface area (Å²) in [6.45, 7) is 1.79. The number of carbonyl (C=O) groups excluding carboxylic acids is 1. The number of nitrogens with two attached hydrogens (primary N) is 1. The average Bonchev–Trinajstić information content (AvgIpc) is 2.91. The number of aliphatic carboxylic acids is 1. The Morgan fingerprint density at radius 1 is 1.58 bits per heavy atom. The molecule has 0 aromatic carbocycles. The first-order valence-corrected chi connectivity index (χ1v) is 5.99. The molecule has 1 aliphatic heterocycles. The number of aromatic nitrogens is 1. The predicted octanol–water partition coefficient (Wildman–Crippen LogP) is -0.236. The minimum absolute atomic E-state index is 0.0674. The lowest BCUT2D eigenvalue weighted by molar-refractivity contribution is -0.218. The molecule has 6 heteroatoms. The number of carboxylic acids is 1. The van der Waals surface area contributed by atoms with Gasteiger partial charge in [0.05, 0.1) is 12.2 Å². The predicted molar refractivity (Wildman–Crippen MR) is 64.3 cm³/mol. The van der Waals surface area contributed by atoms with Gasteiger partial charge in [-0.3, -0.25) is 9.78 Å².